The molecular formula is C25H47B. The minimum atomic E-state index is 0.902. The fourth-order valence-electron chi connectivity index (χ4n) is 5.56. The number of hydrogen-bond acceptors (Lipinski definition) is 0. The van der Waals surface area contributed by atoms with Gasteiger partial charge in [0.1, 0.15) is 0 Å². The molecule has 0 spiro atoms. The third-order valence-electron chi connectivity index (χ3n) is 7.22. The maximum Gasteiger partial charge on any atom is 0.172 e. The predicted molar refractivity (Wildman–Crippen MR) is 120 cm³/mol. The fourth-order valence-corrected chi connectivity index (χ4v) is 5.56. The summed E-state index contributed by atoms with van der Waals surface area (Å²) in [6.07, 6.45) is 32.1. The van der Waals surface area contributed by atoms with Gasteiger partial charge in [0.15, 0.2) is 6.71 Å². The van der Waals surface area contributed by atoms with Crippen molar-refractivity contribution in [2.75, 3.05) is 0 Å². The zero-order valence-corrected chi connectivity index (χ0v) is 18.0. The summed E-state index contributed by atoms with van der Waals surface area (Å²) in [5, 5.41) is 0. The van der Waals surface area contributed by atoms with Gasteiger partial charge < -0.3 is 0 Å². The molecule has 2 bridgehead atoms. The summed E-state index contributed by atoms with van der Waals surface area (Å²) < 4.78 is 0. The van der Waals surface area contributed by atoms with E-state index in [0.717, 1.165) is 18.3 Å². The van der Waals surface area contributed by atoms with Crippen LogP contribution in [0.1, 0.15) is 135 Å². The Morgan fingerprint density at radius 3 is 1.54 bits per heavy atom. The van der Waals surface area contributed by atoms with Crippen LogP contribution < -0.4 is 0 Å². The van der Waals surface area contributed by atoms with E-state index >= 15 is 0 Å². The molecule has 0 aliphatic carbocycles. The average molecular weight is 358 g/mol. The lowest BCUT2D eigenvalue weighted by Crippen LogP contribution is -2.26. The molecule has 2 atom stereocenters. The molecule has 2 aliphatic heterocycles. The van der Waals surface area contributed by atoms with Crippen molar-refractivity contribution in [1.29, 1.82) is 0 Å². The predicted octanol–water partition coefficient (Wildman–Crippen LogP) is 9.17. The topological polar surface area (TPSA) is 0 Å². The van der Waals surface area contributed by atoms with Crippen molar-refractivity contribution >= 4 is 6.71 Å². The van der Waals surface area contributed by atoms with Crippen LogP contribution >= 0.6 is 0 Å². The third kappa shape index (κ3) is 9.14. The smallest absolute Gasteiger partial charge is 0.118 e. The molecule has 150 valence electrons. The molecule has 2 fully saturated rings. The monoisotopic (exact) mass is 358 g/mol. The highest BCUT2D eigenvalue weighted by Gasteiger charge is 2.30. The van der Waals surface area contributed by atoms with Gasteiger partial charge in [-0.3, -0.25) is 0 Å². The highest BCUT2D eigenvalue weighted by molar-refractivity contribution is 6.67. The van der Waals surface area contributed by atoms with Gasteiger partial charge in [-0.25, -0.2) is 0 Å². The molecule has 0 aromatic carbocycles. The van der Waals surface area contributed by atoms with E-state index in [-0.39, 0.29) is 0 Å². The summed E-state index contributed by atoms with van der Waals surface area (Å²) >= 11 is 0. The van der Waals surface area contributed by atoms with E-state index in [1.165, 1.54) is 128 Å². The van der Waals surface area contributed by atoms with Crippen LogP contribution in [0.25, 0.3) is 0 Å². The van der Waals surface area contributed by atoms with E-state index in [9.17, 15) is 0 Å². The Balaban J connectivity index is 2.01. The normalized spacial score (nSPS) is 27.2. The summed E-state index contributed by atoms with van der Waals surface area (Å²) in [5.74, 6) is 4.71. The van der Waals surface area contributed by atoms with Gasteiger partial charge in [-0.05, 0) is 12.8 Å². The first-order valence-electron chi connectivity index (χ1n) is 12.6. The van der Waals surface area contributed by atoms with Crippen LogP contribution in [0.15, 0.2) is 12.1 Å². The lowest BCUT2D eigenvalue weighted by molar-refractivity contribution is 0.514. The van der Waals surface area contributed by atoms with Gasteiger partial charge in [-0.2, -0.15) is 0 Å². The number of unbranched alkanes of at least 4 members (excludes halogenated alkanes) is 4. The quantitative estimate of drug-likeness (QED) is 0.328. The van der Waals surface area contributed by atoms with Crippen molar-refractivity contribution in [2.45, 2.75) is 147 Å². The summed E-state index contributed by atoms with van der Waals surface area (Å²) in [5.41, 5.74) is 0. The van der Waals surface area contributed by atoms with Crippen LogP contribution in [0.2, 0.25) is 11.6 Å². The van der Waals surface area contributed by atoms with E-state index in [1.807, 2.05) is 0 Å². The molecule has 2 rings (SSSR count). The molecule has 2 aliphatic rings. The molecule has 0 nitrogen and oxygen atoms in total. The molecule has 2 unspecified atom stereocenters. The van der Waals surface area contributed by atoms with Gasteiger partial charge in [0.2, 0.25) is 0 Å². The van der Waals surface area contributed by atoms with Crippen molar-refractivity contribution in [3.8, 4) is 0 Å². The van der Waals surface area contributed by atoms with Gasteiger partial charge >= 0.3 is 0 Å². The Morgan fingerprint density at radius 1 is 0.615 bits per heavy atom. The zero-order chi connectivity index (χ0) is 18.3. The van der Waals surface area contributed by atoms with Crippen LogP contribution in [0, 0.1) is 0 Å². The summed E-state index contributed by atoms with van der Waals surface area (Å²) in [6, 6.07) is 0. The standard InChI is InChI=1S/C25H47B/c1-2-3-4-5-13-18-23-26-24-19-14-9-7-6-8-10-15-20-25(26)22-17-12-11-16-21-24/h18,23-25H,2-17,19-22H2,1H3. The van der Waals surface area contributed by atoms with Crippen LogP contribution in [0.3, 0.4) is 0 Å². The minimum absolute atomic E-state index is 0.902. The van der Waals surface area contributed by atoms with Crippen molar-refractivity contribution in [3.63, 3.8) is 0 Å². The third-order valence-corrected chi connectivity index (χ3v) is 7.22. The Kier molecular flexibility index (Phi) is 12.6. The first kappa shape index (κ1) is 22.1. The van der Waals surface area contributed by atoms with Gasteiger partial charge in [-0.15, -0.1) is 5.98 Å². The lowest BCUT2D eigenvalue weighted by Gasteiger charge is -2.30. The Bertz CT molecular complexity index is 326. The molecule has 0 N–H and O–H groups in total. The SMILES string of the molecule is CCCCCCC=CB1C2CCCCCCCCCC1CCCCCC2. The van der Waals surface area contributed by atoms with Crippen molar-refractivity contribution in [2.24, 2.45) is 0 Å². The van der Waals surface area contributed by atoms with Crippen LogP contribution in [-0.4, -0.2) is 6.71 Å². The van der Waals surface area contributed by atoms with Gasteiger partial charge in [0, 0.05) is 0 Å². The Hall–Kier alpha value is -0.195. The highest BCUT2D eigenvalue weighted by Crippen LogP contribution is 2.40. The average Bonchev–Trinajstić information content (AvgIpc) is 2.73. The molecular weight excluding hydrogens is 311 g/mol. The van der Waals surface area contributed by atoms with Gasteiger partial charge in [0.05, 0.1) is 0 Å². The fraction of sp³-hybridized carbons (Fsp3) is 0.920. The summed E-state index contributed by atoms with van der Waals surface area (Å²) in [7, 11) is 0. The van der Waals surface area contributed by atoms with E-state index < -0.39 is 0 Å². The largest absolute Gasteiger partial charge is 0.172 e. The molecule has 0 aromatic rings. The molecule has 0 aromatic heterocycles. The lowest BCUT2D eigenvalue weighted by atomic mass is 9.31. The molecule has 26 heavy (non-hydrogen) atoms. The number of fused-ring (bicyclic) bond motifs is 2. The van der Waals surface area contributed by atoms with Gasteiger partial charge in [0.25, 0.3) is 0 Å². The Labute approximate surface area is 166 Å². The number of rotatable bonds is 6. The van der Waals surface area contributed by atoms with Crippen LogP contribution in [-0.2, 0) is 0 Å². The summed E-state index contributed by atoms with van der Waals surface area (Å²) in [4.78, 5) is 0. The first-order chi connectivity index (χ1) is 12.9. The second-order valence-corrected chi connectivity index (χ2v) is 9.42. The van der Waals surface area contributed by atoms with Crippen molar-refractivity contribution in [3.05, 3.63) is 12.1 Å². The van der Waals surface area contributed by atoms with Crippen LogP contribution in [0.4, 0.5) is 0 Å². The number of hydrogen-bond donors (Lipinski definition) is 0. The Morgan fingerprint density at radius 2 is 1.08 bits per heavy atom. The van der Waals surface area contributed by atoms with E-state index in [2.05, 4.69) is 19.0 Å². The van der Waals surface area contributed by atoms with Crippen molar-refractivity contribution in [1.82, 2.24) is 0 Å². The number of allylic oxidation sites excluding steroid dienone is 1. The first-order valence-corrected chi connectivity index (χ1v) is 12.6. The molecule has 2 saturated heterocycles. The molecule has 0 amide bonds. The molecule has 0 saturated carbocycles. The maximum atomic E-state index is 2.73. The van der Waals surface area contributed by atoms with Gasteiger partial charge in [-0.1, -0.05) is 140 Å². The summed E-state index contributed by atoms with van der Waals surface area (Å²) in [6.45, 7) is 3.22. The second-order valence-electron chi connectivity index (χ2n) is 9.42. The zero-order valence-electron chi connectivity index (χ0n) is 18.0. The molecule has 2 heterocycles. The van der Waals surface area contributed by atoms with Crippen LogP contribution in [0.5, 0.6) is 0 Å². The molecule has 0 radical (unpaired) electrons. The second kappa shape index (κ2) is 14.8. The van der Waals surface area contributed by atoms with E-state index in [4.69, 9.17) is 0 Å². The minimum Gasteiger partial charge on any atom is -0.118 e. The molecule has 1 heteroatoms. The van der Waals surface area contributed by atoms with E-state index in [0.29, 0.717) is 0 Å². The van der Waals surface area contributed by atoms with E-state index in [1.54, 1.807) is 0 Å². The maximum absolute atomic E-state index is 2.73. The van der Waals surface area contributed by atoms with Crippen molar-refractivity contribution < 1.29 is 0 Å². The highest BCUT2D eigenvalue weighted by atomic mass is 14.2.